The van der Waals surface area contributed by atoms with Gasteiger partial charge < -0.3 is 14.2 Å². The van der Waals surface area contributed by atoms with E-state index >= 15 is 0 Å². The van der Waals surface area contributed by atoms with Crippen molar-refractivity contribution in [2.24, 2.45) is 0 Å². The SMILES string of the molecule is CCOC(=O)c1c(SC)c(Oc2cc(-c3c(Cl)cc(Cl)cc3Cl)c([N+](=O)[O-])c(C(=O)OCC)c2SC)cc(-c2c(Cl)cc(Cl)cc2Cl)c1[N+](=O)[O-]. The maximum absolute atomic E-state index is 13.5. The zero-order chi connectivity index (χ0) is 37.9. The van der Waals surface area contributed by atoms with Crippen LogP contribution in [0.15, 0.2) is 46.2 Å². The summed E-state index contributed by atoms with van der Waals surface area (Å²) in [5.41, 5.74) is -2.99. The first-order valence-electron chi connectivity index (χ1n) is 14.2. The number of carbonyl (C=O) groups excluding carboxylic acids is 2. The molecule has 19 heteroatoms. The molecule has 4 aromatic rings. The first kappa shape index (κ1) is 40.6. The molecular formula is C32H22Cl6N2O9S2. The summed E-state index contributed by atoms with van der Waals surface area (Å²) in [6, 6.07) is 7.68. The van der Waals surface area contributed by atoms with E-state index in [1.807, 2.05) is 0 Å². The minimum Gasteiger partial charge on any atom is -0.462 e. The molecule has 0 heterocycles. The maximum atomic E-state index is 13.5. The molecule has 0 atom stereocenters. The Kier molecular flexibility index (Phi) is 13.6. The van der Waals surface area contributed by atoms with Gasteiger partial charge in [-0.15, -0.1) is 23.5 Å². The van der Waals surface area contributed by atoms with E-state index in [0.29, 0.717) is 0 Å². The van der Waals surface area contributed by atoms with Crippen molar-refractivity contribution in [2.45, 2.75) is 23.6 Å². The number of carbonyl (C=O) groups is 2. The van der Waals surface area contributed by atoms with Crippen LogP contribution in [0.5, 0.6) is 11.5 Å². The molecule has 4 rings (SSSR count). The van der Waals surface area contributed by atoms with Crippen molar-refractivity contribution in [1.82, 2.24) is 0 Å². The molecule has 0 aliphatic carbocycles. The topological polar surface area (TPSA) is 148 Å². The average molecular weight is 855 g/mol. The lowest BCUT2D eigenvalue weighted by atomic mass is 9.98. The van der Waals surface area contributed by atoms with Gasteiger partial charge in [0.15, 0.2) is 11.1 Å². The Labute approximate surface area is 329 Å². The van der Waals surface area contributed by atoms with E-state index in [0.717, 1.165) is 23.5 Å². The quantitative estimate of drug-likeness (QED) is 0.0580. The van der Waals surface area contributed by atoms with Gasteiger partial charge in [-0.3, -0.25) is 20.2 Å². The van der Waals surface area contributed by atoms with Gasteiger partial charge in [-0.25, -0.2) is 9.59 Å². The molecule has 0 saturated heterocycles. The number of benzene rings is 4. The fourth-order valence-corrected chi connectivity index (χ4v) is 8.49. The third kappa shape index (κ3) is 8.26. The number of halogens is 6. The van der Waals surface area contributed by atoms with Crippen LogP contribution in [-0.4, -0.2) is 47.5 Å². The average Bonchev–Trinajstić information content (AvgIpc) is 3.03. The van der Waals surface area contributed by atoms with Crippen LogP contribution in [0, 0.1) is 20.2 Å². The molecular weight excluding hydrogens is 833 g/mol. The number of hydrogen-bond donors (Lipinski definition) is 0. The molecule has 0 radical (unpaired) electrons. The lowest BCUT2D eigenvalue weighted by Crippen LogP contribution is -2.13. The molecule has 0 amide bonds. The van der Waals surface area contributed by atoms with Gasteiger partial charge in [-0.05, 0) is 62.8 Å². The Morgan fingerprint density at radius 2 is 0.941 bits per heavy atom. The lowest BCUT2D eigenvalue weighted by Gasteiger charge is -2.21. The Morgan fingerprint density at radius 1 is 0.627 bits per heavy atom. The zero-order valence-electron chi connectivity index (χ0n) is 26.5. The van der Waals surface area contributed by atoms with Crippen molar-refractivity contribution in [3.63, 3.8) is 0 Å². The number of nitro benzene ring substituents is 2. The summed E-state index contributed by atoms with van der Waals surface area (Å²) in [5, 5.41) is 25.3. The lowest BCUT2D eigenvalue weighted by molar-refractivity contribution is -0.384. The molecule has 0 aliphatic rings. The monoisotopic (exact) mass is 852 g/mol. The molecule has 0 N–H and O–H groups in total. The van der Waals surface area contributed by atoms with Crippen LogP contribution in [0.25, 0.3) is 22.3 Å². The highest BCUT2D eigenvalue weighted by atomic mass is 35.5. The number of hydrogen-bond acceptors (Lipinski definition) is 11. The second kappa shape index (κ2) is 17.1. The Balaban J connectivity index is 2.23. The molecule has 0 saturated carbocycles. The van der Waals surface area contributed by atoms with E-state index in [9.17, 15) is 29.8 Å². The summed E-state index contributed by atoms with van der Waals surface area (Å²) in [6.07, 6.45) is 3.06. The van der Waals surface area contributed by atoms with Crippen LogP contribution in [0.2, 0.25) is 30.1 Å². The van der Waals surface area contributed by atoms with Gasteiger partial charge in [-0.1, -0.05) is 69.6 Å². The molecule has 0 aliphatic heterocycles. The first-order chi connectivity index (χ1) is 24.1. The predicted molar refractivity (Wildman–Crippen MR) is 203 cm³/mol. The summed E-state index contributed by atoms with van der Waals surface area (Å²) in [7, 11) is 0. The van der Waals surface area contributed by atoms with Gasteiger partial charge in [0.2, 0.25) is 0 Å². The largest absolute Gasteiger partial charge is 0.462 e. The normalized spacial score (nSPS) is 10.9. The molecule has 0 bridgehead atoms. The van der Waals surface area contributed by atoms with Gasteiger partial charge in [0.05, 0.1) is 64.1 Å². The Bertz CT molecular complexity index is 1920. The molecule has 0 unspecified atom stereocenters. The van der Waals surface area contributed by atoms with Gasteiger partial charge >= 0.3 is 11.9 Å². The van der Waals surface area contributed by atoms with Crippen molar-refractivity contribution in [2.75, 3.05) is 25.7 Å². The van der Waals surface area contributed by atoms with Gasteiger partial charge in [0.25, 0.3) is 11.4 Å². The van der Waals surface area contributed by atoms with Crippen LogP contribution in [0.1, 0.15) is 34.6 Å². The van der Waals surface area contributed by atoms with Crippen LogP contribution < -0.4 is 4.74 Å². The van der Waals surface area contributed by atoms with E-state index in [1.165, 1.54) is 62.8 Å². The molecule has 0 fully saturated rings. The van der Waals surface area contributed by atoms with Crippen LogP contribution in [0.3, 0.4) is 0 Å². The predicted octanol–water partition coefficient (Wildman–Crippen LogP) is 12.3. The summed E-state index contributed by atoms with van der Waals surface area (Å²) in [4.78, 5) is 50.7. The van der Waals surface area contributed by atoms with Crippen LogP contribution in [0.4, 0.5) is 11.4 Å². The molecule has 4 aromatic carbocycles. The van der Waals surface area contributed by atoms with Crippen LogP contribution in [-0.2, 0) is 9.47 Å². The van der Waals surface area contributed by atoms with Gasteiger partial charge in [-0.2, -0.15) is 0 Å². The van der Waals surface area contributed by atoms with Crippen LogP contribution >= 0.6 is 93.1 Å². The minimum atomic E-state index is -1.07. The number of rotatable bonds is 12. The highest BCUT2D eigenvalue weighted by Crippen LogP contribution is 2.53. The molecule has 0 aromatic heterocycles. The van der Waals surface area contributed by atoms with Crippen molar-refractivity contribution in [3.8, 4) is 33.8 Å². The van der Waals surface area contributed by atoms with Crippen molar-refractivity contribution < 1.29 is 33.6 Å². The number of nitro groups is 2. The summed E-state index contributed by atoms with van der Waals surface area (Å²) < 4.78 is 16.9. The Morgan fingerprint density at radius 3 is 1.20 bits per heavy atom. The van der Waals surface area contributed by atoms with Crippen molar-refractivity contribution >= 4 is 116 Å². The zero-order valence-corrected chi connectivity index (χ0v) is 32.7. The fraction of sp³-hybridized carbons (Fsp3) is 0.188. The molecule has 0 spiro atoms. The molecule has 11 nitrogen and oxygen atoms in total. The number of nitrogens with zero attached hydrogens (tertiary/aromatic N) is 2. The third-order valence-corrected chi connectivity index (χ3v) is 10.2. The van der Waals surface area contributed by atoms with E-state index < -0.39 is 44.3 Å². The maximum Gasteiger partial charge on any atom is 0.346 e. The number of esters is 2. The smallest absolute Gasteiger partial charge is 0.346 e. The summed E-state index contributed by atoms with van der Waals surface area (Å²) in [6.45, 7) is 2.76. The highest BCUT2D eigenvalue weighted by Gasteiger charge is 2.38. The minimum absolute atomic E-state index is 0.0566. The molecule has 51 heavy (non-hydrogen) atoms. The van der Waals surface area contributed by atoms with E-state index in [-0.39, 0.29) is 86.9 Å². The highest BCUT2D eigenvalue weighted by molar-refractivity contribution is 7.99. The van der Waals surface area contributed by atoms with Gasteiger partial charge in [0, 0.05) is 21.2 Å². The summed E-state index contributed by atoms with van der Waals surface area (Å²) in [5.74, 6) is -2.48. The van der Waals surface area contributed by atoms with Crippen molar-refractivity contribution in [3.05, 3.63) is 97.9 Å². The standard InChI is InChI=1S/C32H22Cl6N2O9S2/c1-5-47-31(41)25-27(39(43)44)15(23-17(35)7-13(33)8-18(23)36)11-21(29(25)50-3)49-22-12-16(24-19(37)9-14(34)10-20(24)38)28(40(45)46)26(30(22)51-4)32(42)48-6-2/h7-12H,5-6H2,1-4H3. The van der Waals surface area contributed by atoms with E-state index in [4.69, 9.17) is 83.8 Å². The summed E-state index contributed by atoms with van der Waals surface area (Å²) >= 11 is 40.2. The fourth-order valence-electron chi connectivity index (χ4n) is 5.08. The Hall–Kier alpha value is -3.14. The second-order valence-corrected chi connectivity index (χ2v) is 14.0. The van der Waals surface area contributed by atoms with E-state index in [2.05, 4.69) is 0 Å². The molecule has 268 valence electrons. The number of thioether (sulfide) groups is 2. The van der Waals surface area contributed by atoms with E-state index in [1.54, 1.807) is 0 Å². The number of ether oxygens (including phenoxy) is 3. The van der Waals surface area contributed by atoms with Gasteiger partial charge in [0.1, 0.15) is 11.5 Å². The van der Waals surface area contributed by atoms with Crippen molar-refractivity contribution in [1.29, 1.82) is 0 Å². The third-order valence-electron chi connectivity index (χ3n) is 6.94. The second-order valence-electron chi connectivity index (χ2n) is 9.90. The first-order valence-corrected chi connectivity index (χ1v) is 18.9.